The summed E-state index contributed by atoms with van der Waals surface area (Å²) < 4.78 is 0.746. The maximum Gasteiger partial charge on any atom is 0.189 e. The highest BCUT2D eigenvalue weighted by Gasteiger charge is 2.41. The molecular formula is C28H55N2O+. The van der Waals surface area contributed by atoms with Crippen molar-refractivity contribution in [2.45, 2.75) is 149 Å². The number of quaternary nitrogens is 1. The predicted molar refractivity (Wildman–Crippen MR) is 138 cm³/mol. The van der Waals surface area contributed by atoms with E-state index < -0.39 is 0 Å². The monoisotopic (exact) mass is 435 g/mol. The highest BCUT2D eigenvalue weighted by atomic mass is 16.3. The summed E-state index contributed by atoms with van der Waals surface area (Å²) >= 11 is 0. The Balaban J connectivity index is 1.83. The first-order chi connectivity index (χ1) is 15.2. The van der Waals surface area contributed by atoms with E-state index in [0.717, 1.165) is 24.0 Å². The third kappa shape index (κ3) is 12.2. The molecule has 0 radical (unpaired) electrons. The third-order valence-corrected chi connectivity index (χ3v) is 7.35. The van der Waals surface area contributed by atoms with Gasteiger partial charge in [-0.1, -0.05) is 103 Å². The van der Waals surface area contributed by atoms with Crippen LogP contribution in [0.2, 0.25) is 0 Å². The molecule has 0 fully saturated rings. The number of hydrogen-bond acceptors (Lipinski definition) is 2. The molecule has 182 valence electrons. The van der Waals surface area contributed by atoms with Crippen LogP contribution in [0.4, 0.5) is 0 Å². The van der Waals surface area contributed by atoms with Crippen molar-refractivity contribution in [2.24, 2.45) is 4.99 Å². The average Bonchev–Trinajstić information content (AvgIpc) is 3.19. The highest BCUT2D eigenvalue weighted by Crippen LogP contribution is 2.26. The van der Waals surface area contributed by atoms with Crippen molar-refractivity contribution in [1.29, 1.82) is 0 Å². The minimum Gasteiger partial charge on any atom is -0.345 e. The number of hydrogen-bond donors (Lipinski definition) is 1. The molecule has 0 spiro atoms. The van der Waals surface area contributed by atoms with Gasteiger partial charge in [-0.25, -0.2) is 4.99 Å². The van der Waals surface area contributed by atoms with Crippen LogP contribution in [-0.2, 0) is 0 Å². The molecule has 3 nitrogen and oxygen atoms in total. The second-order valence-corrected chi connectivity index (χ2v) is 9.83. The number of aliphatic hydroxyl groups is 1. The highest BCUT2D eigenvalue weighted by molar-refractivity contribution is 5.60. The minimum absolute atomic E-state index is 0.284. The molecular weight excluding hydrogens is 380 g/mol. The van der Waals surface area contributed by atoms with E-state index >= 15 is 0 Å². The van der Waals surface area contributed by atoms with E-state index in [1.807, 2.05) is 13.1 Å². The van der Waals surface area contributed by atoms with Crippen molar-refractivity contribution in [1.82, 2.24) is 0 Å². The van der Waals surface area contributed by atoms with Gasteiger partial charge >= 0.3 is 0 Å². The predicted octanol–water partition coefficient (Wildman–Crippen LogP) is 8.17. The summed E-state index contributed by atoms with van der Waals surface area (Å²) in [4.78, 5) is 4.68. The zero-order chi connectivity index (χ0) is 22.6. The van der Waals surface area contributed by atoms with Crippen molar-refractivity contribution in [3.05, 3.63) is 12.2 Å². The molecule has 0 saturated carbocycles. The van der Waals surface area contributed by atoms with E-state index in [4.69, 9.17) is 0 Å². The standard InChI is InChI=1S/C28H55N2O/c1-4-6-7-8-9-10-11-12-13-14-15-16-17-18-19-20-21-22-23-24-28-29-25-26-30(28,5-2)27(3)31/h8-9,25,27-28,31H,4-7,10-24,26H2,1-3H3/q+1/b9-8+. The van der Waals surface area contributed by atoms with Gasteiger partial charge in [-0.05, 0) is 32.6 Å². The summed E-state index contributed by atoms with van der Waals surface area (Å²) in [6, 6.07) is 0. The van der Waals surface area contributed by atoms with Gasteiger partial charge in [0, 0.05) is 13.3 Å². The van der Waals surface area contributed by atoms with Crippen molar-refractivity contribution in [3.63, 3.8) is 0 Å². The Labute approximate surface area is 195 Å². The van der Waals surface area contributed by atoms with E-state index in [2.05, 4.69) is 31.0 Å². The van der Waals surface area contributed by atoms with Gasteiger partial charge in [0.1, 0.15) is 6.54 Å². The fourth-order valence-corrected chi connectivity index (χ4v) is 5.00. The van der Waals surface area contributed by atoms with E-state index in [-0.39, 0.29) is 12.4 Å². The van der Waals surface area contributed by atoms with Crippen molar-refractivity contribution >= 4 is 6.21 Å². The van der Waals surface area contributed by atoms with Gasteiger partial charge in [-0.15, -0.1) is 0 Å². The molecule has 3 atom stereocenters. The van der Waals surface area contributed by atoms with Gasteiger partial charge in [-0.3, -0.25) is 4.48 Å². The Bertz CT molecular complexity index is 460. The molecule has 0 saturated heterocycles. The lowest BCUT2D eigenvalue weighted by atomic mass is 10.0. The average molecular weight is 436 g/mol. The molecule has 1 aliphatic rings. The van der Waals surface area contributed by atoms with Crippen LogP contribution in [0.1, 0.15) is 136 Å². The molecule has 1 aliphatic heterocycles. The smallest absolute Gasteiger partial charge is 0.189 e. The molecule has 1 rings (SSSR count). The van der Waals surface area contributed by atoms with E-state index in [0.29, 0.717) is 0 Å². The first-order valence-corrected chi connectivity index (χ1v) is 13.9. The SMILES string of the molecule is CCCC/C=C/CCCCCCCCCCCCCCCC1N=CC[N+]1(CC)C(C)O. The van der Waals surface area contributed by atoms with Crippen molar-refractivity contribution in [3.8, 4) is 0 Å². The number of unbranched alkanes of at least 4 members (excludes halogenated alkanes) is 15. The normalized spacial score (nSPS) is 22.0. The summed E-state index contributed by atoms with van der Waals surface area (Å²) in [6.45, 7) is 8.24. The fourth-order valence-electron chi connectivity index (χ4n) is 5.00. The zero-order valence-electron chi connectivity index (χ0n) is 21.4. The Morgan fingerprint density at radius 1 is 0.806 bits per heavy atom. The molecule has 3 unspecified atom stereocenters. The van der Waals surface area contributed by atoms with Crippen LogP contribution in [0, 0.1) is 0 Å². The largest absolute Gasteiger partial charge is 0.345 e. The lowest BCUT2D eigenvalue weighted by Crippen LogP contribution is -2.57. The van der Waals surface area contributed by atoms with Gasteiger partial charge in [0.25, 0.3) is 0 Å². The Morgan fingerprint density at radius 3 is 1.77 bits per heavy atom. The second-order valence-electron chi connectivity index (χ2n) is 9.83. The van der Waals surface area contributed by atoms with Crippen LogP contribution < -0.4 is 0 Å². The quantitative estimate of drug-likeness (QED) is 0.110. The Hall–Kier alpha value is -0.670. The van der Waals surface area contributed by atoms with Gasteiger partial charge < -0.3 is 5.11 Å². The molecule has 31 heavy (non-hydrogen) atoms. The minimum atomic E-state index is -0.310. The van der Waals surface area contributed by atoms with Crippen LogP contribution >= 0.6 is 0 Å². The number of allylic oxidation sites excluding steroid dienone is 2. The third-order valence-electron chi connectivity index (χ3n) is 7.35. The molecule has 0 aromatic rings. The summed E-state index contributed by atoms with van der Waals surface area (Å²) in [5.74, 6) is 0. The van der Waals surface area contributed by atoms with E-state index in [1.54, 1.807) is 0 Å². The summed E-state index contributed by atoms with van der Waals surface area (Å²) in [5, 5.41) is 10.2. The first kappa shape index (κ1) is 28.4. The van der Waals surface area contributed by atoms with E-state index in [1.165, 1.54) is 109 Å². The van der Waals surface area contributed by atoms with Crippen molar-refractivity contribution < 1.29 is 9.59 Å². The molecule has 3 heteroatoms. The van der Waals surface area contributed by atoms with Crippen molar-refractivity contribution in [2.75, 3.05) is 13.1 Å². The molecule has 0 bridgehead atoms. The first-order valence-electron chi connectivity index (χ1n) is 13.9. The molecule has 1 N–H and O–H groups in total. The molecule has 1 heterocycles. The zero-order valence-corrected chi connectivity index (χ0v) is 21.4. The van der Waals surface area contributed by atoms with Crippen LogP contribution in [0.5, 0.6) is 0 Å². The topological polar surface area (TPSA) is 32.6 Å². The van der Waals surface area contributed by atoms with Gasteiger partial charge in [0.05, 0.1) is 12.8 Å². The van der Waals surface area contributed by atoms with E-state index in [9.17, 15) is 5.11 Å². The molecule has 0 aliphatic carbocycles. The Kier molecular flexibility index (Phi) is 17.3. The Morgan fingerprint density at radius 2 is 1.29 bits per heavy atom. The summed E-state index contributed by atoms with van der Waals surface area (Å²) in [5.41, 5.74) is 0. The summed E-state index contributed by atoms with van der Waals surface area (Å²) in [7, 11) is 0. The number of aliphatic imine (C=N–C) groups is 1. The lowest BCUT2D eigenvalue weighted by molar-refractivity contribution is -0.976. The van der Waals surface area contributed by atoms with Gasteiger partial charge in [-0.2, -0.15) is 0 Å². The number of nitrogens with zero attached hydrogens (tertiary/aromatic N) is 2. The number of rotatable bonds is 21. The fraction of sp³-hybridized carbons (Fsp3) is 0.893. The summed E-state index contributed by atoms with van der Waals surface area (Å²) in [6.07, 6.45) is 31.3. The van der Waals surface area contributed by atoms with Crippen LogP contribution in [0.3, 0.4) is 0 Å². The molecule has 0 aromatic heterocycles. The second kappa shape index (κ2) is 18.9. The maximum atomic E-state index is 10.2. The van der Waals surface area contributed by atoms with Crippen LogP contribution in [-0.4, -0.2) is 41.3 Å². The molecule has 0 aromatic carbocycles. The van der Waals surface area contributed by atoms with Crippen LogP contribution in [0.25, 0.3) is 0 Å². The van der Waals surface area contributed by atoms with Crippen LogP contribution in [0.15, 0.2) is 17.1 Å². The van der Waals surface area contributed by atoms with Gasteiger partial charge in [0.15, 0.2) is 12.4 Å². The number of aliphatic hydroxyl groups excluding tert-OH is 1. The molecule has 0 amide bonds. The lowest BCUT2D eigenvalue weighted by Gasteiger charge is -2.40. The van der Waals surface area contributed by atoms with Gasteiger partial charge in [0.2, 0.25) is 0 Å². The maximum absolute atomic E-state index is 10.2.